The van der Waals surface area contributed by atoms with Crippen LogP contribution in [0, 0.1) is 0 Å². The van der Waals surface area contributed by atoms with E-state index in [9.17, 15) is 0 Å². The van der Waals surface area contributed by atoms with Gasteiger partial charge in [0.1, 0.15) is 0 Å². The zero-order chi connectivity index (χ0) is 21.3. The average Bonchev–Trinajstić information content (AvgIpc) is 2.57. The Hall–Kier alpha value is -1.04. The smallest absolute Gasteiger partial charge is 0.0356 e. The molecule has 0 saturated heterocycles. The predicted octanol–water partition coefficient (Wildman–Crippen LogP) is 4.40. The van der Waals surface area contributed by atoms with Crippen molar-refractivity contribution >= 4 is 6.08 Å². The molecule has 0 heterocycles. The van der Waals surface area contributed by atoms with Crippen LogP contribution in [0.15, 0.2) is 18.2 Å². The molecule has 16 heavy (non-hydrogen) atoms. The standard InChI is InChI=1S/C16H18/c1-3-11-7-9-13-5-2-6-14-10-8-12(4-1)15(11)16(13)14/h1,3,7,9,12,14H,2,4-6,8,10H2/i2D2,5D2,6D2,8D2,10D2,12D,14D. The second kappa shape index (κ2) is 3.23. The van der Waals surface area contributed by atoms with E-state index in [-0.39, 0.29) is 12.0 Å². The number of hydrogen-bond acceptors (Lipinski definition) is 0. The van der Waals surface area contributed by atoms with E-state index < -0.39 is 54.8 Å². The van der Waals surface area contributed by atoms with Gasteiger partial charge in [0.05, 0.1) is 0 Å². The highest BCUT2D eigenvalue weighted by Crippen LogP contribution is 2.49. The highest BCUT2D eigenvalue weighted by Gasteiger charge is 2.33. The quantitative estimate of drug-likeness (QED) is 0.610. The lowest BCUT2D eigenvalue weighted by atomic mass is 9.66. The van der Waals surface area contributed by atoms with Gasteiger partial charge < -0.3 is 0 Å². The van der Waals surface area contributed by atoms with Crippen LogP contribution in [-0.2, 0) is 6.37 Å². The normalized spacial score (nSPS) is 66.0. The molecule has 0 saturated carbocycles. The molecule has 0 aromatic heterocycles. The van der Waals surface area contributed by atoms with Gasteiger partial charge in [-0.2, -0.15) is 0 Å². The van der Waals surface area contributed by atoms with Crippen molar-refractivity contribution in [2.75, 3.05) is 0 Å². The summed E-state index contributed by atoms with van der Waals surface area (Å²) in [6, 6.07) is 2.61. The zero-order valence-electron chi connectivity index (χ0n) is 20.5. The Labute approximate surface area is 114 Å². The topological polar surface area (TPSA) is 0 Å². The first-order valence-corrected chi connectivity index (χ1v) is 5.29. The van der Waals surface area contributed by atoms with E-state index in [1.165, 1.54) is 18.2 Å². The summed E-state index contributed by atoms with van der Waals surface area (Å²) in [4.78, 5) is 0. The third-order valence-electron chi connectivity index (χ3n) is 3.13. The zero-order valence-corrected chi connectivity index (χ0v) is 8.52. The van der Waals surface area contributed by atoms with Crippen LogP contribution in [0.25, 0.3) is 6.08 Å². The van der Waals surface area contributed by atoms with E-state index in [0.717, 1.165) is 0 Å². The van der Waals surface area contributed by atoms with Crippen molar-refractivity contribution < 1.29 is 16.4 Å². The van der Waals surface area contributed by atoms with E-state index >= 15 is 0 Å². The Morgan fingerprint density at radius 1 is 1.12 bits per heavy atom. The summed E-state index contributed by atoms with van der Waals surface area (Å²) in [7, 11) is 0. The molecule has 0 nitrogen and oxygen atoms in total. The molecule has 2 unspecified atom stereocenters. The molecule has 0 amide bonds. The fraction of sp³-hybridized carbons (Fsp3) is 0.500. The van der Waals surface area contributed by atoms with Crippen molar-refractivity contribution in [3.05, 3.63) is 40.5 Å². The highest BCUT2D eigenvalue weighted by atomic mass is 14.4. The molecular weight excluding hydrogens is 192 g/mol. The summed E-state index contributed by atoms with van der Waals surface area (Å²) >= 11 is 0. The molecule has 4 rings (SSSR count). The van der Waals surface area contributed by atoms with E-state index in [1.807, 2.05) is 0 Å². The molecule has 0 bridgehead atoms. The maximum Gasteiger partial charge on any atom is 0.0356 e. The van der Waals surface area contributed by atoms with E-state index in [4.69, 9.17) is 16.4 Å². The summed E-state index contributed by atoms with van der Waals surface area (Å²) in [6.45, 7) is 0. The average molecular weight is 222 g/mol. The minimum absolute atomic E-state index is 0.120. The van der Waals surface area contributed by atoms with Gasteiger partial charge in [0, 0.05) is 16.4 Å². The maximum absolute atomic E-state index is 8.91. The van der Waals surface area contributed by atoms with E-state index in [2.05, 4.69) is 0 Å². The van der Waals surface area contributed by atoms with Crippen molar-refractivity contribution in [3.8, 4) is 0 Å². The fourth-order valence-electron chi connectivity index (χ4n) is 2.42. The summed E-state index contributed by atoms with van der Waals surface area (Å²) in [5.41, 5.74) is -0.654. The van der Waals surface area contributed by atoms with Gasteiger partial charge in [-0.15, -0.1) is 0 Å². The monoisotopic (exact) mass is 222 g/mol. The number of rotatable bonds is 0. The van der Waals surface area contributed by atoms with Crippen molar-refractivity contribution in [1.29, 1.82) is 0 Å². The fourth-order valence-corrected chi connectivity index (χ4v) is 2.42. The number of hydrogen-bond donors (Lipinski definition) is 0. The Balaban J connectivity index is 2.32. The first kappa shape index (κ1) is 3.25. The molecule has 0 aliphatic heterocycles. The molecule has 1 aromatic carbocycles. The molecule has 82 valence electrons. The largest absolute Gasteiger partial charge is 0.0833 e. The second-order valence-electron chi connectivity index (χ2n) is 4.04. The minimum Gasteiger partial charge on any atom is -0.0833 e. The van der Waals surface area contributed by atoms with E-state index in [0.29, 0.717) is 5.56 Å². The molecule has 0 heteroatoms. The summed E-state index contributed by atoms with van der Waals surface area (Å²) in [5, 5.41) is 0. The molecule has 0 N–H and O–H groups in total. The van der Waals surface area contributed by atoms with Crippen LogP contribution < -0.4 is 0 Å². The van der Waals surface area contributed by atoms with Crippen molar-refractivity contribution in [3.63, 3.8) is 0 Å². The van der Waals surface area contributed by atoms with E-state index in [1.54, 1.807) is 6.08 Å². The van der Waals surface area contributed by atoms with Crippen LogP contribution in [0.3, 0.4) is 0 Å². The van der Waals surface area contributed by atoms with Crippen molar-refractivity contribution in [2.24, 2.45) is 0 Å². The van der Waals surface area contributed by atoms with Crippen LogP contribution >= 0.6 is 0 Å². The lowest BCUT2D eigenvalue weighted by molar-refractivity contribution is 0.433. The minimum atomic E-state index is -3.43. The van der Waals surface area contributed by atoms with Crippen LogP contribution in [0.1, 0.15) is 82.4 Å². The van der Waals surface area contributed by atoms with Crippen LogP contribution in [0.4, 0.5) is 0 Å². The molecule has 2 atom stereocenters. The Kier molecular flexibility index (Phi) is 0.655. The molecule has 0 fully saturated rings. The first-order chi connectivity index (χ1) is 12.4. The van der Waals surface area contributed by atoms with Crippen molar-refractivity contribution in [2.45, 2.75) is 50.1 Å². The van der Waals surface area contributed by atoms with Gasteiger partial charge in [0.25, 0.3) is 0 Å². The molecular formula is C16H18. The van der Waals surface area contributed by atoms with Gasteiger partial charge >= 0.3 is 0 Å². The lowest BCUT2D eigenvalue weighted by Crippen LogP contribution is -2.22. The SMILES string of the molecule is [2H]C1([2H])c2ccc3c4c2C([2H])(C([2H])([2H])C1([2H])[2H])C([2H])([2H])C([2H])([2H])C4([2H])CC=C3. The second-order valence-corrected chi connectivity index (χ2v) is 4.04. The van der Waals surface area contributed by atoms with Crippen LogP contribution in [-0.4, -0.2) is 0 Å². The van der Waals surface area contributed by atoms with Crippen LogP contribution in [0.5, 0.6) is 0 Å². The maximum atomic E-state index is 8.91. The number of allylic oxidation sites excluding steroid dienone is 1. The summed E-state index contributed by atoms with van der Waals surface area (Å²) in [6.07, 6.45) is -13.2. The molecule has 3 aliphatic carbocycles. The van der Waals surface area contributed by atoms with Gasteiger partial charge in [-0.25, -0.2) is 0 Å². The number of benzene rings is 1. The molecule has 0 spiro atoms. The molecule has 0 radical (unpaired) electrons. The Morgan fingerprint density at radius 2 is 2.06 bits per heavy atom. The van der Waals surface area contributed by atoms with Crippen LogP contribution in [0.2, 0.25) is 0 Å². The van der Waals surface area contributed by atoms with Gasteiger partial charge in [-0.3, -0.25) is 0 Å². The molecule has 1 aromatic rings. The third-order valence-corrected chi connectivity index (χ3v) is 3.13. The Morgan fingerprint density at radius 3 is 3.06 bits per heavy atom. The van der Waals surface area contributed by atoms with Gasteiger partial charge in [0.15, 0.2) is 0 Å². The predicted molar refractivity (Wildman–Crippen MR) is 67.7 cm³/mol. The molecule has 3 aliphatic rings. The van der Waals surface area contributed by atoms with Crippen molar-refractivity contribution in [1.82, 2.24) is 0 Å². The highest BCUT2D eigenvalue weighted by molar-refractivity contribution is 5.63. The first-order valence-electron chi connectivity index (χ1n) is 11.3. The summed E-state index contributed by atoms with van der Waals surface area (Å²) in [5.74, 6) is -5.30. The Bertz CT molecular complexity index is 930. The third kappa shape index (κ3) is 1.10. The number of aryl methyl sites for hydroxylation is 1. The lowest BCUT2D eigenvalue weighted by Gasteiger charge is -2.38. The van der Waals surface area contributed by atoms with Gasteiger partial charge in [-0.1, -0.05) is 24.3 Å². The van der Waals surface area contributed by atoms with Gasteiger partial charge in [0.2, 0.25) is 0 Å². The van der Waals surface area contributed by atoms with Gasteiger partial charge in [-0.05, 0) is 72.3 Å². The summed E-state index contributed by atoms with van der Waals surface area (Å²) < 4.78 is 101.